The topological polar surface area (TPSA) is 40.5 Å². The lowest BCUT2D eigenvalue weighted by Gasteiger charge is -2.38. The molecule has 3 fully saturated rings. The van der Waals surface area contributed by atoms with Crippen LogP contribution < -0.4 is 0 Å². The molecular weight excluding hydrogens is 238 g/mol. The number of likely N-dealkylation sites (tertiary alicyclic amines) is 1. The van der Waals surface area contributed by atoms with Gasteiger partial charge >= 0.3 is 0 Å². The number of aliphatic hydroxyl groups excluding tert-OH is 1. The van der Waals surface area contributed by atoms with E-state index in [2.05, 4.69) is 11.8 Å². The largest absolute Gasteiger partial charge is 0.393 e. The Balaban J connectivity index is 1.60. The normalized spacial score (nSPS) is 47.3. The number of fused-ring (bicyclic) bond motifs is 1. The van der Waals surface area contributed by atoms with Crippen LogP contribution in [0.3, 0.4) is 0 Å². The SMILES string of the molecule is CC1CCC(C=O)(CN2CC3CCC(O)C3C2)CC1. The molecule has 19 heavy (non-hydrogen) atoms. The van der Waals surface area contributed by atoms with Crippen LogP contribution in [-0.4, -0.2) is 42.0 Å². The quantitative estimate of drug-likeness (QED) is 0.794. The summed E-state index contributed by atoms with van der Waals surface area (Å²) >= 11 is 0. The maximum absolute atomic E-state index is 11.6. The Kier molecular flexibility index (Phi) is 3.69. The molecule has 1 saturated heterocycles. The van der Waals surface area contributed by atoms with Crippen LogP contribution >= 0.6 is 0 Å². The second kappa shape index (κ2) is 5.17. The van der Waals surface area contributed by atoms with E-state index in [4.69, 9.17) is 0 Å². The van der Waals surface area contributed by atoms with E-state index in [1.165, 1.54) is 25.5 Å². The Hall–Kier alpha value is -0.410. The number of hydrogen-bond acceptors (Lipinski definition) is 3. The molecule has 3 unspecified atom stereocenters. The van der Waals surface area contributed by atoms with E-state index in [0.717, 1.165) is 44.8 Å². The zero-order valence-corrected chi connectivity index (χ0v) is 12.1. The molecule has 108 valence electrons. The summed E-state index contributed by atoms with van der Waals surface area (Å²) in [7, 11) is 0. The summed E-state index contributed by atoms with van der Waals surface area (Å²) in [5, 5.41) is 9.98. The molecule has 0 aromatic heterocycles. The number of rotatable bonds is 3. The molecule has 3 heteroatoms. The number of hydrogen-bond donors (Lipinski definition) is 1. The van der Waals surface area contributed by atoms with E-state index in [1.807, 2.05) is 0 Å². The first-order valence-corrected chi connectivity index (χ1v) is 7.99. The molecule has 3 rings (SSSR count). The van der Waals surface area contributed by atoms with Crippen molar-refractivity contribution in [3.63, 3.8) is 0 Å². The van der Waals surface area contributed by atoms with Crippen molar-refractivity contribution in [3.05, 3.63) is 0 Å². The third kappa shape index (κ3) is 2.59. The number of carbonyl (C=O) groups is 1. The van der Waals surface area contributed by atoms with Crippen molar-refractivity contribution in [3.8, 4) is 0 Å². The fourth-order valence-electron chi connectivity index (χ4n) is 4.55. The highest BCUT2D eigenvalue weighted by molar-refractivity contribution is 5.60. The van der Waals surface area contributed by atoms with E-state index in [-0.39, 0.29) is 11.5 Å². The van der Waals surface area contributed by atoms with E-state index >= 15 is 0 Å². The first kappa shape index (κ1) is 13.6. The number of aldehydes is 1. The van der Waals surface area contributed by atoms with Gasteiger partial charge in [0.05, 0.1) is 6.10 Å². The van der Waals surface area contributed by atoms with Crippen molar-refractivity contribution in [2.75, 3.05) is 19.6 Å². The van der Waals surface area contributed by atoms with E-state index in [0.29, 0.717) is 11.8 Å². The summed E-state index contributed by atoms with van der Waals surface area (Å²) in [6.07, 6.45) is 7.83. The first-order chi connectivity index (χ1) is 9.12. The highest BCUT2D eigenvalue weighted by Gasteiger charge is 2.44. The lowest BCUT2D eigenvalue weighted by atomic mass is 9.71. The van der Waals surface area contributed by atoms with Crippen molar-refractivity contribution in [2.45, 2.75) is 51.6 Å². The van der Waals surface area contributed by atoms with Crippen LogP contribution in [0.15, 0.2) is 0 Å². The molecule has 3 aliphatic rings. The van der Waals surface area contributed by atoms with Gasteiger partial charge in [0.1, 0.15) is 6.29 Å². The molecule has 3 nitrogen and oxygen atoms in total. The molecular formula is C16H27NO2. The molecule has 0 bridgehead atoms. The number of nitrogens with zero attached hydrogens (tertiary/aromatic N) is 1. The van der Waals surface area contributed by atoms with Gasteiger partial charge in [-0.25, -0.2) is 0 Å². The first-order valence-electron chi connectivity index (χ1n) is 7.99. The van der Waals surface area contributed by atoms with Crippen LogP contribution in [0.1, 0.15) is 45.4 Å². The van der Waals surface area contributed by atoms with E-state index in [9.17, 15) is 9.90 Å². The van der Waals surface area contributed by atoms with Crippen molar-refractivity contribution in [2.24, 2.45) is 23.2 Å². The Labute approximate surface area is 116 Å². The van der Waals surface area contributed by atoms with Crippen molar-refractivity contribution < 1.29 is 9.90 Å². The number of aliphatic hydroxyl groups is 1. The summed E-state index contributed by atoms with van der Waals surface area (Å²) in [4.78, 5) is 14.1. The van der Waals surface area contributed by atoms with Gasteiger partial charge in [0.2, 0.25) is 0 Å². The summed E-state index contributed by atoms with van der Waals surface area (Å²) in [5.41, 5.74) is -0.0872. The second-order valence-corrected chi connectivity index (χ2v) is 7.43. The van der Waals surface area contributed by atoms with Gasteiger partial charge in [0.25, 0.3) is 0 Å². The standard InChI is InChI=1S/C16H27NO2/c1-12-4-6-16(11-18,7-5-12)10-17-8-13-2-3-15(19)14(13)9-17/h11-15,19H,2-10H2,1H3. The molecule has 0 amide bonds. The maximum atomic E-state index is 11.6. The smallest absolute Gasteiger partial charge is 0.127 e. The van der Waals surface area contributed by atoms with Gasteiger partial charge in [-0.3, -0.25) is 0 Å². The second-order valence-electron chi connectivity index (χ2n) is 7.43. The van der Waals surface area contributed by atoms with Gasteiger partial charge < -0.3 is 14.8 Å². The number of carbonyl (C=O) groups excluding carboxylic acids is 1. The van der Waals surface area contributed by atoms with Crippen molar-refractivity contribution >= 4 is 6.29 Å². The van der Waals surface area contributed by atoms with E-state index in [1.54, 1.807) is 0 Å². The van der Waals surface area contributed by atoms with Crippen molar-refractivity contribution in [1.82, 2.24) is 4.90 Å². The minimum atomic E-state index is -0.0893. The molecule has 0 radical (unpaired) electrons. The Morgan fingerprint density at radius 1 is 1.21 bits per heavy atom. The van der Waals surface area contributed by atoms with Crippen LogP contribution in [0.25, 0.3) is 0 Å². The van der Waals surface area contributed by atoms with Crippen LogP contribution in [0.2, 0.25) is 0 Å². The maximum Gasteiger partial charge on any atom is 0.127 e. The predicted molar refractivity (Wildman–Crippen MR) is 74.8 cm³/mol. The average Bonchev–Trinajstić information content (AvgIpc) is 2.95. The minimum absolute atomic E-state index is 0.0872. The van der Waals surface area contributed by atoms with E-state index < -0.39 is 0 Å². The lowest BCUT2D eigenvalue weighted by Crippen LogP contribution is -2.41. The van der Waals surface area contributed by atoms with Crippen LogP contribution in [0.4, 0.5) is 0 Å². The van der Waals surface area contributed by atoms with Crippen LogP contribution in [0.5, 0.6) is 0 Å². The third-order valence-corrected chi connectivity index (χ3v) is 5.95. The zero-order valence-electron chi connectivity index (χ0n) is 12.1. The van der Waals surface area contributed by atoms with Gasteiger partial charge in [-0.15, -0.1) is 0 Å². The Bertz CT molecular complexity index is 336. The summed E-state index contributed by atoms with van der Waals surface area (Å²) in [6, 6.07) is 0. The predicted octanol–water partition coefficient (Wildman–Crippen LogP) is 2.08. The van der Waals surface area contributed by atoms with Gasteiger partial charge in [-0.1, -0.05) is 6.92 Å². The summed E-state index contributed by atoms with van der Waals surface area (Å²) < 4.78 is 0. The average molecular weight is 265 g/mol. The van der Waals surface area contributed by atoms with Gasteiger partial charge in [0, 0.05) is 31.0 Å². The molecule has 0 aromatic rings. The Morgan fingerprint density at radius 3 is 2.58 bits per heavy atom. The lowest BCUT2D eigenvalue weighted by molar-refractivity contribution is -0.119. The fourth-order valence-corrected chi connectivity index (χ4v) is 4.55. The van der Waals surface area contributed by atoms with Crippen LogP contribution in [0, 0.1) is 23.2 Å². The molecule has 0 spiro atoms. The zero-order chi connectivity index (χ0) is 13.5. The fraction of sp³-hybridized carbons (Fsp3) is 0.938. The van der Waals surface area contributed by atoms with Gasteiger partial charge in [0.15, 0.2) is 0 Å². The summed E-state index contributed by atoms with van der Waals surface area (Å²) in [6.45, 7) is 5.35. The Morgan fingerprint density at radius 2 is 1.95 bits per heavy atom. The van der Waals surface area contributed by atoms with Gasteiger partial charge in [-0.05, 0) is 50.4 Å². The molecule has 1 aliphatic heterocycles. The molecule has 1 N–H and O–H groups in total. The van der Waals surface area contributed by atoms with Gasteiger partial charge in [-0.2, -0.15) is 0 Å². The molecule has 0 aromatic carbocycles. The molecule has 1 heterocycles. The molecule has 2 saturated carbocycles. The molecule has 3 atom stereocenters. The molecule has 2 aliphatic carbocycles. The highest BCUT2D eigenvalue weighted by Crippen LogP contribution is 2.42. The summed E-state index contributed by atoms with van der Waals surface area (Å²) in [5.74, 6) is 1.94. The monoisotopic (exact) mass is 265 g/mol. The minimum Gasteiger partial charge on any atom is -0.393 e. The highest BCUT2D eigenvalue weighted by atomic mass is 16.3. The van der Waals surface area contributed by atoms with Crippen molar-refractivity contribution in [1.29, 1.82) is 0 Å². The third-order valence-electron chi connectivity index (χ3n) is 5.95. The van der Waals surface area contributed by atoms with Crippen LogP contribution in [-0.2, 0) is 4.79 Å².